The summed E-state index contributed by atoms with van der Waals surface area (Å²) in [6.07, 6.45) is 8.03. The van der Waals surface area contributed by atoms with Crippen LogP contribution in [-0.4, -0.2) is 37.4 Å². The van der Waals surface area contributed by atoms with Crippen molar-refractivity contribution >= 4 is 27.6 Å². The molecular formula is C19H21N5O4S. The molecule has 29 heavy (non-hydrogen) atoms. The van der Waals surface area contributed by atoms with Crippen molar-refractivity contribution in [3.8, 4) is 0 Å². The van der Waals surface area contributed by atoms with Gasteiger partial charge in [-0.15, -0.1) is 0 Å². The number of carbonyl (C=O) groups excluding carboxylic acids is 2. The molecule has 152 valence electrons. The highest BCUT2D eigenvalue weighted by Gasteiger charge is 2.29. The molecule has 4 rings (SSSR count). The Morgan fingerprint density at radius 1 is 0.966 bits per heavy atom. The highest BCUT2D eigenvalue weighted by molar-refractivity contribution is 7.90. The maximum absolute atomic E-state index is 12.7. The predicted octanol–water partition coefficient (Wildman–Crippen LogP) is 1.32. The maximum Gasteiger partial charge on any atom is 0.333 e. The van der Waals surface area contributed by atoms with Crippen LogP contribution >= 0.6 is 0 Å². The van der Waals surface area contributed by atoms with Crippen LogP contribution in [0, 0.1) is 0 Å². The lowest BCUT2D eigenvalue weighted by Crippen LogP contribution is -2.37. The predicted molar refractivity (Wildman–Crippen MR) is 105 cm³/mol. The molecule has 2 aliphatic rings. The molecule has 0 saturated heterocycles. The first-order valence-corrected chi connectivity index (χ1v) is 10.9. The van der Waals surface area contributed by atoms with Gasteiger partial charge < -0.3 is 10.6 Å². The molecule has 1 heterocycles. The highest BCUT2D eigenvalue weighted by atomic mass is 32.2. The Morgan fingerprint density at radius 2 is 1.59 bits per heavy atom. The molecule has 9 nitrogen and oxygen atoms in total. The molecule has 0 fully saturated rings. The van der Waals surface area contributed by atoms with Gasteiger partial charge in [-0.1, -0.05) is 6.07 Å². The van der Waals surface area contributed by atoms with Crippen LogP contribution in [0.4, 0.5) is 10.5 Å². The summed E-state index contributed by atoms with van der Waals surface area (Å²) in [5, 5.41) is 4.46. The number of urea groups is 1. The lowest BCUT2D eigenvalue weighted by molar-refractivity contribution is 0.0953. The number of amides is 3. The summed E-state index contributed by atoms with van der Waals surface area (Å²) in [5.74, 6) is -0.711. The molecule has 1 aromatic heterocycles. The van der Waals surface area contributed by atoms with E-state index in [2.05, 4.69) is 26.7 Å². The molecule has 1 aromatic carbocycles. The average Bonchev–Trinajstić information content (AvgIpc) is 3.36. The molecule has 0 aliphatic heterocycles. The van der Waals surface area contributed by atoms with Gasteiger partial charge >= 0.3 is 6.03 Å². The molecule has 0 unspecified atom stereocenters. The van der Waals surface area contributed by atoms with Crippen molar-refractivity contribution in [3.63, 3.8) is 0 Å². The number of hydrogen-bond donors (Lipinski definition) is 3. The van der Waals surface area contributed by atoms with Crippen molar-refractivity contribution in [3.05, 3.63) is 46.4 Å². The Labute approximate surface area is 168 Å². The molecule has 2 aliphatic carbocycles. The van der Waals surface area contributed by atoms with Crippen LogP contribution < -0.4 is 15.4 Å². The third-order valence-electron chi connectivity index (χ3n) is 5.30. The minimum absolute atomic E-state index is 0.378. The van der Waals surface area contributed by atoms with Gasteiger partial charge in [0, 0.05) is 25.1 Å². The molecule has 10 heteroatoms. The fraction of sp³-hybridized carbons (Fsp3) is 0.368. The molecule has 3 amide bonds. The van der Waals surface area contributed by atoms with Gasteiger partial charge in [0.25, 0.3) is 15.9 Å². The number of hydrogen-bond acceptors (Lipinski definition) is 6. The van der Waals surface area contributed by atoms with Crippen molar-refractivity contribution in [1.29, 1.82) is 0 Å². The van der Waals surface area contributed by atoms with Crippen molar-refractivity contribution < 1.29 is 18.0 Å². The second kappa shape index (κ2) is 7.43. The van der Waals surface area contributed by atoms with E-state index in [1.165, 1.54) is 24.4 Å². The van der Waals surface area contributed by atoms with Crippen LogP contribution in [0.5, 0.6) is 0 Å². The van der Waals surface area contributed by atoms with Crippen LogP contribution in [0.15, 0.2) is 23.5 Å². The number of anilines is 1. The summed E-state index contributed by atoms with van der Waals surface area (Å²) < 4.78 is 27.3. The zero-order chi connectivity index (χ0) is 20.6. The van der Waals surface area contributed by atoms with E-state index in [9.17, 15) is 18.0 Å². The number of aryl methyl sites for hydroxylation is 2. The number of sulfonamides is 1. The maximum atomic E-state index is 12.7. The van der Waals surface area contributed by atoms with E-state index >= 15 is 0 Å². The van der Waals surface area contributed by atoms with Crippen LogP contribution in [0.1, 0.15) is 45.6 Å². The Hall–Kier alpha value is -3.01. The Bertz CT molecular complexity index is 1080. The SMILES string of the molecule is CNC(=O)c1nccnc1S(=O)(=O)NC(=O)Nc1c2c(cc3c1CCC3)CCC2. The molecule has 0 radical (unpaired) electrons. The van der Waals surface area contributed by atoms with Crippen LogP contribution in [0.25, 0.3) is 0 Å². The molecule has 2 aromatic rings. The summed E-state index contributed by atoms with van der Waals surface area (Å²) in [7, 11) is -3.04. The molecule has 0 bridgehead atoms. The smallest absolute Gasteiger partial charge is 0.333 e. The quantitative estimate of drug-likeness (QED) is 0.691. The highest BCUT2D eigenvalue weighted by Crippen LogP contribution is 2.38. The van der Waals surface area contributed by atoms with Gasteiger partial charge in [-0.05, 0) is 60.8 Å². The van der Waals surface area contributed by atoms with E-state index in [4.69, 9.17) is 0 Å². The van der Waals surface area contributed by atoms with E-state index in [-0.39, 0.29) is 5.69 Å². The molecular weight excluding hydrogens is 394 g/mol. The van der Waals surface area contributed by atoms with E-state index in [0.29, 0.717) is 0 Å². The van der Waals surface area contributed by atoms with E-state index in [1.807, 2.05) is 4.72 Å². The summed E-state index contributed by atoms with van der Waals surface area (Å²) in [6, 6.07) is 1.34. The zero-order valence-electron chi connectivity index (χ0n) is 15.9. The molecule has 0 saturated carbocycles. The monoisotopic (exact) mass is 415 g/mol. The fourth-order valence-corrected chi connectivity index (χ4v) is 5.06. The van der Waals surface area contributed by atoms with Gasteiger partial charge in [0.15, 0.2) is 5.69 Å². The van der Waals surface area contributed by atoms with Gasteiger partial charge in [0.1, 0.15) is 0 Å². The van der Waals surface area contributed by atoms with Gasteiger partial charge in [0.2, 0.25) is 5.03 Å². The minimum Gasteiger partial charge on any atom is -0.354 e. The summed E-state index contributed by atoms with van der Waals surface area (Å²) in [5.41, 5.74) is 4.97. The molecule has 0 spiro atoms. The second-order valence-corrected chi connectivity index (χ2v) is 8.68. The first-order chi connectivity index (χ1) is 13.9. The number of fused-ring (bicyclic) bond motifs is 2. The summed E-state index contributed by atoms with van der Waals surface area (Å²) >= 11 is 0. The first-order valence-electron chi connectivity index (χ1n) is 9.44. The Balaban J connectivity index is 1.61. The number of nitrogens with zero attached hydrogens (tertiary/aromatic N) is 2. The van der Waals surface area contributed by atoms with Gasteiger partial charge in [0.05, 0.1) is 0 Å². The van der Waals surface area contributed by atoms with Crippen LogP contribution in [0.3, 0.4) is 0 Å². The van der Waals surface area contributed by atoms with Gasteiger partial charge in [-0.2, -0.15) is 8.42 Å². The third-order valence-corrected chi connectivity index (χ3v) is 6.56. The van der Waals surface area contributed by atoms with Crippen molar-refractivity contribution in [2.45, 2.75) is 43.6 Å². The lowest BCUT2D eigenvalue weighted by atomic mass is 9.99. The average molecular weight is 415 g/mol. The second-order valence-electron chi connectivity index (χ2n) is 7.08. The number of rotatable bonds is 4. The van der Waals surface area contributed by atoms with Crippen molar-refractivity contribution in [2.24, 2.45) is 0 Å². The molecule has 0 atom stereocenters. The van der Waals surface area contributed by atoms with E-state index in [0.717, 1.165) is 61.5 Å². The fourth-order valence-electron chi connectivity index (χ4n) is 4.07. The summed E-state index contributed by atoms with van der Waals surface area (Å²) in [6.45, 7) is 0. The van der Waals surface area contributed by atoms with Crippen molar-refractivity contribution in [1.82, 2.24) is 20.0 Å². The topological polar surface area (TPSA) is 130 Å². The summed E-state index contributed by atoms with van der Waals surface area (Å²) in [4.78, 5) is 32.0. The third kappa shape index (κ3) is 3.55. The number of aromatic nitrogens is 2. The number of benzene rings is 1. The van der Waals surface area contributed by atoms with E-state index in [1.54, 1.807) is 0 Å². The zero-order valence-corrected chi connectivity index (χ0v) is 16.7. The lowest BCUT2D eigenvalue weighted by Gasteiger charge is -2.16. The van der Waals surface area contributed by atoms with Crippen molar-refractivity contribution in [2.75, 3.05) is 12.4 Å². The number of nitrogens with one attached hydrogen (secondary N) is 3. The Kier molecular flexibility index (Phi) is 4.95. The van der Waals surface area contributed by atoms with Crippen LogP contribution in [0.2, 0.25) is 0 Å². The molecule has 3 N–H and O–H groups in total. The number of carbonyl (C=O) groups is 2. The van der Waals surface area contributed by atoms with E-state index < -0.39 is 27.0 Å². The Morgan fingerprint density at radius 3 is 2.21 bits per heavy atom. The standard InChI is InChI=1S/C19H21N5O4S/c1-20-17(25)16-18(22-9-8-21-16)29(27,28)24-19(26)23-15-13-6-2-4-11(13)10-12-5-3-7-14(12)15/h8-10H,2-7H2,1H3,(H,20,25)(H2,23,24,26). The van der Waals surface area contributed by atoms with Crippen LogP contribution in [-0.2, 0) is 35.7 Å². The first kappa shape index (κ1) is 19.3. The largest absolute Gasteiger partial charge is 0.354 e. The van der Waals surface area contributed by atoms with Gasteiger partial charge in [-0.3, -0.25) is 4.79 Å². The normalized spacial score (nSPS) is 14.8. The minimum atomic E-state index is -4.39. The van der Waals surface area contributed by atoms with Gasteiger partial charge in [-0.25, -0.2) is 19.5 Å².